The number of ketones is 1. The summed E-state index contributed by atoms with van der Waals surface area (Å²) in [6.45, 7) is 0. The Labute approximate surface area is 207 Å². The zero-order chi connectivity index (χ0) is 25.2. The third-order valence-corrected chi connectivity index (χ3v) is 6.45. The van der Waals surface area contributed by atoms with Gasteiger partial charge in [-0.15, -0.1) is 0 Å². The van der Waals surface area contributed by atoms with Crippen molar-refractivity contribution in [3.05, 3.63) is 99.2 Å². The minimum atomic E-state index is -0.590. The second-order valence-corrected chi connectivity index (χ2v) is 8.56. The predicted octanol–water partition coefficient (Wildman–Crippen LogP) is 3.57. The molecule has 1 unspecified atom stereocenters. The number of ether oxygens (including phenoxy) is 1. The minimum absolute atomic E-state index is 0.0311. The van der Waals surface area contributed by atoms with Crippen LogP contribution in [0.5, 0.6) is 5.75 Å². The molecule has 2 aromatic carbocycles. The first-order valence-electron chi connectivity index (χ1n) is 11.5. The number of carbonyl (C=O) groups is 1. The van der Waals surface area contributed by atoms with Gasteiger partial charge in [0.2, 0.25) is 0 Å². The number of methoxy groups -OCH3 is 1. The van der Waals surface area contributed by atoms with Crippen molar-refractivity contribution in [1.29, 1.82) is 5.26 Å². The van der Waals surface area contributed by atoms with Crippen LogP contribution in [0.25, 0.3) is 11.3 Å². The van der Waals surface area contributed by atoms with Crippen molar-refractivity contribution in [1.82, 2.24) is 15.2 Å². The van der Waals surface area contributed by atoms with Gasteiger partial charge < -0.3 is 10.5 Å². The largest absolute Gasteiger partial charge is 0.497 e. The smallest absolute Gasteiger partial charge is 0.266 e. The number of hydrogen-bond donors (Lipinski definition) is 3. The zero-order valence-corrected chi connectivity index (χ0v) is 19.6. The van der Waals surface area contributed by atoms with E-state index in [9.17, 15) is 14.9 Å². The summed E-state index contributed by atoms with van der Waals surface area (Å²) in [5.74, 6) is 0.225. The van der Waals surface area contributed by atoms with Crippen LogP contribution in [0.15, 0.2) is 88.1 Å². The molecular formula is C27H24N6O3. The van der Waals surface area contributed by atoms with Gasteiger partial charge >= 0.3 is 0 Å². The molecule has 0 saturated heterocycles. The van der Waals surface area contributed by atoms with E-state index in [1.165, 1.54) is 6.07 Å². The molecule has 1 atom stereocenters. The summed E-state index contributed by atoms with van der Waals surface area (Å²) in [6.07, 6.45) is 1.62. The Morgan fingerprint density at radius 3 is 2.58 bits per heavy atom. The van der Waals surface area contributed by atoms with Gasteiger partial charge in [-0.1, -0.05) is 42.5 Å². The molecule has 4 N–H and O–H groups in total. The average molecular weight is 481 g/mol. The number of nitrogens with one attached hydrogen (secondary N) is 2. The Morgan fingerprint density at radius 2 is 1.89 bits per heavy atom. The molecule has 0 bridgehead atoms. The number of rotatable bonds is 5. The van der Waals surface area contributed by atoms with Crippen LogP contribution < -0.4 is 21.5 Å². The Bertz CT molecular complexity index is 1480. The number of nitriles is 1. The molecule has 0 saturated carbocycles. The van der Waals surface area contributed by atoms with Crippen molar-refractivity contribution < 1.29 is 9.53 Å². The lowest BCUT2D eigenvalue weighted by Gasteiger charge is -2.40. The fourth-order valence-electron chi connectivity index (χ4n) is 4.77. The predicted molar refractivity (Wildman–Crippen MR) is 134 cm³/mol. The fraction of sp³-hybridized carbons (Fsp3) is 0.185. The maximum Gasteiger partial charge on any atom is 0.266 e. The molecule has 9 nitrogen and oxygen atoms in total. The lowest BCUT2D eigenvalue weighted by atomic mass is 9.76. The number of allylic oxidation sites excluding steroid dienone is 3. The first-order chi connectivity index (χ1) is 17.5. The van der Waals surface area contributed by atoms with Crippen LogP contribution in [-0.4, -0.2) is 28.1 Å². The van der Waals surface area contributed by atoms with E-state index in [0.29, 0.717) is 47.7 Å². The molecule has 2 aliphatic rings. The Hall–Kier alpha value is -4.84. The number of aromatic nitrogens is 2. The summed E-state index contributed by atoms with van der Waals surface area (Å²) < 4.78 is 5.27. The highest BCUT2D eigenvalue weighted by molar-refractivity contribution is 6.00. The van der Waals surface area contributed by atoms with Gasteiger partial charge in [-0.05, 0) is 30.5 Å². The van der Waals surface area contributed by atoms with Crippen molar-refractivity contribution in [2.45, 2.75) is 25.2 Å². The fourth-order valence-corrected chi connectivity index (χ4v) is 4.77. The maximum atomic E-state index is 13.3. The number of Topliss-reactive ketones (excluding diaryl/α,β-unsaturated/α-hetero) is 1. The highest BCUT2D eigenvalue weighted by Crippen LogP contribution is 2.45. The number of carbonyl (C=O) groups excluding carboxylic acids is 1. The minimum Gasteiger partial charge on any atom is -0.497 e. The van der Waals surface area contributed by atoms with Gasteiger partial charge in [0.15, 0.2) is 5.78 Å². The van der Waals surface area contributed by atoms with Gasteiger partial charge in [-0.2, -0.15) is 10.4 Å². The number of hydrazine groups is 1. The molecule has 5 rings (SSSR count). The summed E-state index contributed by atoms with van der Waals surface area (Å²) in [6, 6.07) is 20.3. The van der Waals surface area contributed by atoms with E-state index < -0.39 is 11.5 Å². The van der Waals surface area contributed by atoms with Gasteiger partial charge in [0.1, 0.15) is 17.3 Å². The topological polar surface area (TPSA) is 137 Å². The van der Waals surface area contributed by atoms with Crippen LogP contribution >= 0.6 is 0 Å². The highest BCUT2D eigenvalue weighted by atomic mass is 16.5. The molecular weight excluding hydrogens is 456 g/mol. The second-order valence-electron chi connectivity index (χ2n) is 8.56. The SMILES string of the molecule is COc1ccc(C2C(C#N)=C(N)N(Nc3cc(=O)[nH]nc3-c3ccccc3)C3=C2C(=O)CCC3)cc1. The summed E-state index contributed by atoms with van der Waals surface area (Å²) in [5, 5.41) is 18.4. The van der Waals surface area contributed by atoms with Gasteiger partial charge in [-0.25, -0.2) is 10.1 Å². The highest BCUT2D eigenvalue weighted by Gasteiger charge is 2.40. The second kappa shape index (κ2) is 9.43. The molecule has 0 fully saturated rings. The van der Waals surface area contributed by atoms with E-state index in [4.69, 9.17) is 10.5 Å². The van der Waals surface area contributed by atoms with E-state index in [0.717, 1.165) is 11.1 Å². The van der Waals surface area contributed by atoms with Gasteiger partial charge in [0.05, 0.1) is 30.4 Å². The quantitative estimate of drug-likeness (QED) is 0.504. The first-order valence-corrected chi connectivity index (χ1v) is 11.5. The average Bonchev–Trinajstić information content (AvgIpc) is 2.91. The maximum absolute atomic E-state index is 13.3. The Kier molecular flexibility index (Phi) is 6.00. The number of hydrogen-bond acceptors (Lipinski definition) is 8. The number of nitrogens with two attached hydrogens (primary N) is 1. The molecule has 180 valence electrons. The van der Waals surface area contributed by atoms with Crippen molar-refractivity contribution in [2.24, 2.45) is 5.73 Å². The summed E-state index contributed by atoms with van der Waals surface area (Å²) in [7, 11) is 1.58. The van der Waals surface area contributed by atoms with Crippen molar-refractivity contribution >= 4 is 11.5 Å². The molecule has 0 radical (unpaired) electrons. The number of anilines is 1. The molecule has 0 spiro atoms. The molecule has 36 heavy (non-hydrogen) atoms. The van der Waals surface area contributed by atoms with Crippen molar-refractivity contribution in [3.8, 4) is 23.1 Å². The normalized spacial score (nSPS) is 17.5. The lowest BCUT2D eigenvalue weighted by molar-refractivity contribution is -0.116. The van der Waals surface area contributed by atoms with Gasteiger partial charge in [-0.3, -0.25) is 15.0 Å². The van der Waals surface area contributed by atoms with Crippen LogP contribution in [0.2, 0.25) is 0 Å². The molecule has 9 heteroatoms. The van der Waals surface area contributed by atoms with Crippen LogP contribution in [0, 0.1) is 11.3 Å². The van der Waals surface area contributed by atoms with Gasteiger partial charge in [0.25, 0.3) is 5.56 Å². The van der Waals surface area contributed by atoms with Crippen molar-refractivity contribution in [3.63, 3.8) is 0 Å². The lowest BCUT2D eigenvalue weighted by Crippen LogP contribution is -2.42. The third kappa shape index (κ3) is 3.99. The molecule has 1 aromatic heterocycles. The molecule has 2 heterocycles. The van der Waals surface area contributed by atoms with Crippen LogP contribution in [0.4, 0.5) is 5.69 Å². The van der Waals surface area contributed by atoms with E-state index in [1.807, 2.05) is 42.5 Å². The monoisotopic (exact) mass is 480 g/mol. The standard InChI is InChI=1S/C27H24N6O3/c1-36-18-12-10-16(11-13-18)24-19(15-28)27(29)33(21-8-5-9-22(34)25(21)24)32-20-14-23(35)30-31-26(20)17-6-3-2-4-7-17/h2-4,6-7,10-14,24H,5,8-9,29H2,1H3,(H2,30,32,35). The van der Waals surface area contributed by atoms with E-state index in [1.54, 1.807) is 24.3 Å². The number of nitrogens with zero attached hydrogens (tertiary/aromatic N) is 3. The number of benzene rings is 2. The van der Waals surface area contributed by atoms with E-state index in [2.05, 4.69) is 21.7 Å². The summed E-state index contributed by atoms with van der Waals surface area (Å²) in [4.78, 5) is 25.5. The molecule has 1 aliphatic carbocycles. The van der Waals surface area contributed by atoms with Crippen molar-refractivity contribution in [2.75, 3.05) is 12.5 Å². The number of H-pyrrole nitrogens is 1. The van der Waals surface area contributed by atoms with Gasteiger partial charge in [0, 0.05) is 29.3 Å². The van der Waals surface area contributed by atoms with E-state index in [-0.39, 0.29) is 17.2 Å². The summed E-state index contributed by atoms with van der Waals surface area (Å²) >= 11 is 0. The zero-order valence-electron chi connectivity index (χ0n) is 19.6. The van der Waals surface area contributed by atoms with Crippen LogP contribution in [-0.2, 0) is 4.79 Å². The third-order valence-electron chi connectivity index (χ3n) is 6.45. The Balaban J connectivity index is 1.65. The van der Waals surface area contributed by atoms with E-state index >= 15 is 0 Å². The first kappa shape index (κ1) is 22.9. The van der Waals surface area contributed by atoms with Crippen LogP contribution in [0.3, 0.4) is 0 Å². The number of aromatic amines is 1. The molecule has 1 aliphatic heterocycles. The Morgan fingerprint density at radius 1 is 1.14 bits per heavy atom. The van der Waals surface area contributed by atoms with Crippen LogP contribution in [0.1, 0.15) is 30.7 Å². The summed E-state index contributed by atoms with van der Waals surface area (Å²) in [5.41, 5.74) is 13.3. The molecule has 3 aromatic rings. The molecule has 0 amide bonds.